The molecule has 0 amide bonds. The molecule has 0 saturated heterocycles. The van der Waals surface area contributed by atoms with Gasteiger partial charge in [0, 0.05) is 13.2 Å². The second kappa shape index (κ2) is 8.52. The van der Waals surface area contributed by atoms with Crippen molar-refractivity contribution in [3.05, 3.63) is 35.9 Å². The maximum absolute atomic E-state index is 9.99. The summed E-state index contributed by atoms with van der Waals surface area (Å²) in [5.41, 5.74) is 0.767. The third-order valence-corrected chi connectivity index (χ3v) is 4.35. The Morgan fingerprint density at radius 1 is 1.24 bits per heavy atom. The third-order valence-electron chi connectivity index (χ3n) is 4.35. The number of aliphatic hydroxyl groups is 1. The molecule has 0 radical (unpaired) electrons. The molecule has 3 heteroatoms. The van der Waals surface area contributed by atoms with Crippen LogP contribution >= 0.6 is 0 Å². The lowest BCUT2D eigenvalue weighted by Crippen LogP contribution is -2.47. The molecule has 1 fully saturated rings. The molecule has 1 aromatic rings. The number of benzene rings is 1. The second-order valence-electron chi connectivity index (χ2n) is 6.13. The van der Waals surface area contributed by atoms with E-state index in [9.17, 15) is 5.11 Å². The average Bonchev–Trinajstić information content (AvgIpc) is 3.35. The molecule has 0 spiro atoms. The van der Waals surface area contributed by atoms with Crippen molar-refractivity contribution in [3.8, 4) is 0 Å². The summed E-state index contributed by atoms with van der Waals surface area (Å²) in [5, 5.41) is 13.5. The van der Waals surface area contributed by atoms with Gasteiger partial charge >= 0.3 is 0 Å². The van der Waals surface area contributed by atoms with E-state index < -0.39 is 0 Å². The number of hydrogen-bond acceptors (Lipinski definition) is 3. The van der Waals surface area contributed by atoms with Crippen LogP contribution in [0.1, 0.15) is 44.6 Å². The molecule has 1 unspecified atom stereocenters. The summed E-state index contributed by atoms with van der Waals surface area (Å²) in [5.74, 6) is 0.917. The van der Waals surface area contributed by atoms with Crippen LogP contribution in [0.25, 0.3) is 0 Å². The third kappa shape index (κ3) is 5.10. The van der Waals surface area contributed by atoms with E-state index in [0.29, 0.717) is 6.61 Å². The minimum atomic E-state index is -0.378. The van der Waals surface area contributed by atoms with Crippen molar-refractivity contribution in [3.63, 3.8) is 0 Å². The van der Waals surface area contributed by atoms with Gasteiger partial charge < -0.3 is 15.2 Å². The van der Waals surface area contributed by atoms with E-state index in [1.54, 1.807) is 0 Å². The van der Waals surface area contributed by atoms with Crippen molar-refractivity contribution < 1.29 is 9.84 Å². The summed E-state index contributed by atoms with van der Waals surface area (Å²) in [7, 11) is 0. The molecule has 2 N–H and O–H groups in total. The van der Waals surface area contributed by atoms with E-state index in [4.69, 9.17) is 4.74 Å². The molecule has 118 valence electrons. The van der Waals surface area contributed by atoms with Crippen LogP contribution < -0.4 is 5.32 Å². The van der Waals surface area contributed by atoms with E-state index in [0.717, 1.165) is 37.5 Å². The smallest absolute Gasteiger partial charge is 0.0691 e. The molecular formula is C18H29NO2. The fraction of sp³-hybridized carbons (Fsp3) is 0.667. The molecule has 0 bridgehead atoms. The monoisotopic (exact) mass is 291 g/mol. The van der Waals surface area contributed by atoms with Gasteiger partial charge in [-0.2, -0.15) is 0 Å². The van der Waals surface area contributed by atoms with Crippen molar-refractivity contribution in [2.75, 3.05) is 26.4 Å². The van der Waals surface area contributed by atoms with Crippen LogP contribution in [-0.2, 0) is 10.3 Å². The first kappa shape index (κ1) is 16.5. The predicted octanol–water partition coefficient (Wildman–Crippen LogP) is 3.08. The zero-order valence-electron chi connectivity index (χ0n) is 13.2. The molecule has 1 aliphatic rings. The van der Waals surface area contributed by atoms with E-state index >= 15 is 0 Å². The first-order chi connectivity index (χ1) is 10.3. The minimum Gasteiger partial charge on any atom is -0.394 e. The molecule has 2 rings (SSSR count). The summed E-state index contributed by atoms with van der Waals surface area (Å²) < 4.78 is 5.79. The highest BCUT2D eigenvalue weighted by Crippen LogP contribution is 2.32. The van der Waals surface area contributed by atoms with Crippen molar-refractivity contribution in [1.29, 1.82) is 0 Å². The molecule has 1 atom stereocenters. The Bertz CT molecular complexity index is 391. The molecule has 1 aliphatic carbocycles. The lowest BCUT2D eigenvalue weighted by Gasteiger charge is -2.34. The molecule has 3 nitrogen and oxygen atoms in total. The van der Waals surface area contributed by atoms with Gasteiger partial charge in [0.1, 0.15) is 0 Å². The highest BCUT2D eigenvalue weighted by molar-refractivity contribution is 5.24. The average molecular weight is 291 g/mol. The SMILES string of the molecule is CCCNC(CO)(CCOCCC1CC1)c1ccccc1. The van der Waals surface area contributed by atoms with Gasteiger partial charge in [-0.15, -0.1) is 0 Å². The zero-order valence-corrected chi connectivity index (χ0v) is 13.2. The van der Waals surface area contributed by atoms with Gasteiger partial charge in [0.25, 0.3) is 0 Å². The summed E-state index contributed by atoms with van der Waals surface area (Å²) in [6.45, 7) is 4.69. The van der Waals surface area contributed by atoms with E-state index in [1.165, 1.54) is 19.3 Å². The van der Waals surface area contributed by atoms with Gasteiger partial charge in [0.15, 0.2) is 0 Å². The molecule has 1 saturated carbocycles. The topological polar surface area (TPSA) is 41.5 Å². The first-order valence-electron chi connectivity index (χ1n) is 8.30. The van der Waals surface area contributed by atoms with Crippen LogP contribution in [0.5, 0.6) is 0 Å². The van der Waals surface area contributed by atoms with E-state index in [-0.39, 0.29) is 12.1 Å². The van der Waals surface area contributed by atoms with Crippen LogP contribution in [0.15, 0.2) is 30.3 Å². The number of hydrogen-bond donors (Lipinski definition) is 2. The van der Waals surface area contributed by atoms with Crippen molar-refractivity contribution in [2.24, 2.45) is 5.92 Å². The maximum Gasteiger partial charge on any atom is 0.0691 e. The number of ether oxygens (including phenoxy) is 1. The standard InChI is InChI=1S/C18H29NO2/c1-2-12-19-18(15-20,17-6-4-3-5-7-17)11-14-21-13-10-16-8-9-16/h3-7,16,19-20H,2,8-15H2,1H3. The molecule has 0 heterocycles. The zero-order chi connectivity index (χ0) is 15.0. The van der Waals surface area contributed by atoms with Crippen molar-refractivity contribution in [2.45, 2.75) is 44.6 Å². The molecule has 0 aliphatic heterocycles. The first-order valence-corrected chi connectivity index (χ1v) is 8.30. The largest absolute Gasteiger partial charge is 0.394 e. The molecule has 0 aromatic heterocycles. The highest BCUT2D eigenvalue weighted by Gasteiger charge is 2.30. The van der Waals surface area contributed by atoms with Gasteiger partial charge in [0.2, 0.25) is 0 Å². The minimum absolute atomic E-state index is 0.100. The normalized spacial score (nSPS) is 17.6. The quantitative estimate of drug-likeness (QED) is 0.616. The lowest BCUT2D eigenvalue weighted by molar-refractivity contribution is 0.0760. The summed E-state index contributed by atoms with van der Waals surface area (Å²) in [4.78, 5) is 0. The van der Waals surface area contributed by atoms with Crippen LogP contribution in [-0.4, -0.2) is 31.5 Å². The highest BCUT2D eigenvalue weighted by atomic mass is 16.5. The van der Waals surface area contributed by atoms with Crippen molar-refractivity contribution in [1.82, 2.24) is 5.32 Å². The number of aliphatic hydroxyl groups excluding tert-OH is 1. The lowest BCUT2D eigenvalue weighted by atomic mass is 9.87. The van der Waals surface area contributed by atoms with Gasteiger partial charge in [-0.25, -0.2) is 0 Å². The fourth-order valence-corrected chi connectivity index (χ4v) is 2.69. The van der Waals surface area contributed by atoms with Gasteiger partial charge in [0.05, 0.1) is 12.1 Å². The summed E-state index contributed by atoms with van der Waals surface area (Å²) >= 11 is 0. The van der Waals surface area contributed by atoms with E-state index in [2.05, 4.69) is 24.4 Å². The molecule has 1 aromatic carbocycles. The van der Waals surface area contributed by atoms with Gasteiger partial charge in [-0.1, -0.05) is 50.1 Å². The van der Waals surface area contributed by atoms with Crippen molar-refractivity contribution >= 4 is 0 Å². The molecule has 21 heavy (non-hydrogen) atoms. The Balaban J connectivity index is 1.89. The Kier molecular flexibility index (Phi) is 6.68. The summed E-state index contributed by atoms with van der Waals surface area (Å²) in [6, 6.07) is 10.2. The van der Waals surface area contributed by atoms with E-state index in [1.807, 2.05) is 18.2 Å². The van der Waals surface area contributed by atoms with Crippen LogP contribution in [0.3, 0.4) is 0 Å². The van der Waals surface area contributed by atoms with Crippen LogP contribution in [0.4, 0.5) is 0 Å². The van der Waals surface area contributed by atoms with Crippen LogP contribution in [0.2, 0.25) is 0 Å². The van der Waals surface area contributed by atoms with Gasteiger partial charge in [-0.05, 0) is 37.3 Å². The fourth-order valence-electron chi connectivity index (χ4n) is 2.69. The maximum atomic E-state index is 9.99. The van der Waals surface area contributed by atoms with Gasteiger partial charge in [-0.3, -0.25) is 0 Å². The Morgan fingerprint density at radius 2 is 2.00 bits per heavy atom. The Labute approximate surface area is 128 Å². The number of rotatable bonds is 11. The van der Waals surface area contributed by atoms with Crippen LogP contribution in [0, 0.1) is 5.92 Å². The predicted molar refractivity (Wildman–Crippen MR) is 86.3 cm³/mol. The summed E-state index contributed by atoms with van der Waals surface area (Å²) in [6.07, 6.45) is 5.81. The number of nitrogens with one attached hydrogen (secondary N) is 1. The Hall–Kier alpha value is -0.900. The second-order valence-corrected chi connectivity index (χ2v) is 6.13. The molecular weight excluding hydrogens is 262 g/mol. The Morgan fingerprint density at radius 3 is 2.62 bits per heavy atom.